The molecule has 2 bridgehead atoms. The Labute approximate surface area is 133 Å². The molecule has 3 heteroatoms. The summed E-state index contributed by atoms with van der Waals surface area (Å²) in [6, 6.07) is 4.98. The summed E-state index contributed by atoms with van der Waals surface area (Å²) in [5, 5.41) is 17.7. The standard InChI is InChI=1S/C19H28N2O/c1-2-8-20-17-11-13-10-16-14-5-3-4-6-19(14,7-9-21-16)15(13)12-18(17)22/h11-12,14,16,20-22H,2-10H2,1H3/t14-,16+,19+/m1/s1. The van der Waals surface area contributed by atoms with Crippen molar-refractivity contribution in [3.05, 3.63) is 23.3 Å². The van der Waals surface area contributed by atoms with E-state index in [9.17, 15) is 5.11 Å². The van der Waals surface area contributed by atoms with Crippen LogP contribution < -0.4 is 10.6 Å². The molecule has 1 aromatic carbocycles. The molecule has 0 radical (unpaired) electrons. The molecular formula is C19H28N2O. The molecule has 0 amide bonds. The zero-order valence-corrected chi connectivity index (χ0v) is 13.6. The Morgan fingerprint density at radius 1 is 1.32 bits per heavy atom. The fraction of sp³-hybridized carbons (Fsp3) is 0.684. The highest BCUT2D eigenvalue weighted by molar-refractivity contribution is 5.62. The molecular weight excluding hydrogens is 272 g/mol. The van der Waals surface area contributed by atoms with Gasteiger partial charge in [-0.2, -0.15) is 0 Å². The molecule has 3 N–H and O–H groups in total. The van der Waals surface area contributed by atoms with Crippen LogP contribution in [0.15, 0.2) is 12.1 Å². The van der Waals surface area contributed by atoms with Crippen molar-refractivity contribution < 1.29 is 5.11 Å². The van der Waals surface area contributed by atoms with Crippen molar-refractivity contribution in [2.75, 3.05) is 18.4 Å². The Kier molecular flexibility index (Phi) is 3.56. The number of rotatable bonds is 3. The third-order valence-electron chi connectivity index (χ3n) is 6.32. The fourth-order valence-electron chi connectivity index (χ4n) is 5.37. The average Bonchev–Trinajstić information content (AvgIpc) is 2.54. The van der Waals surface area contributed by atoms with E-state index in [1.165, 1.54) is 43.2 Å². The van der Waals surface area contributed by atoms with Gasteiger partial charge in [-0.05, 0) is 67.8 Å². The Hall–Kier alpha value is -1.22. The zero-order valence-electron chi connectivity index (χ0n) is 13.6. The zero-order chi connectivity index (χ0) is 15.2. The molecule has 0 aromatic heterocycles. The predicted molar refractivity (Wildman–Crippen MR) is 90.6 cm³/mol. The largest absolute Gasteiger partial charge is 0.506 e. The van der Waals surface area contributed by atoms with Gasteiger partial charge in [0.15, 0.2) is 0 Å². The smallest absolute Gasteiger partial charge is 0.138 e. The topological polar surface area (TPSA) is 44.3 Å². The van der Waals surface area contributed by atoms with Gasteiger partial charge in [0, 0.05) is 18.0 Å². The van der Waals surface area contributed by atoms with Crippen molar-refractivity contribution in [2.24, 2.45) is 5.92 Å². The monoisotopic (exact) mass is 300 g/mol. The van der Waals surface area contributed by atoms with Crippen molar-refractivity contribution in [1.82, 2.24) is 5.32 Å². The summed E-state index contributed by atoms with van der Waals surface area (Å²) in [4.78, 5) is 0. The molecule has 22 heavy (non-hydrogen) atoms. The van der Waals surface area contributed by atoms with Crippen LogP contribution in [0.5, 0.6) is 5.75 Å². The van der Waals surface area contributed by atoms with Crippen molar-refractivity contribution in [3.8, 4) is 5.75 Å². The summed E-state index contributed by atoms with van der Waals surface area (Å²) in [6.45, 7) is 4.21. The molecule has 1 aliphatic heterocycles. The summed E-state index contributed by atoms with van der Waals surface area (Å²) < 4.78 is 0. The van der Waals surface area contributed by atoms with E-state index in [2.05, 4.69) is 29.7 Å². The van der Waals surface area contributed by atoms with Gasteiger partial charge in [0.05, 0.1) is 5.69 Å². The number of aromatic hydroxyl groups is 1. The average molecular weight is 300 g/mol. The van der Waals surface area contributed by atoms with Crippen LogP contribution in [-0.2, 0) is 11.8 Å². The maximum atomic E-state index is 10.5. The highest BCUT2D eigenvalue weighted by atomic mass is 16.3. The predicted octanol–water partition coefficient (Wildman–Crippen LogP) is 3.56. The van der Waals surface area contributed by atoms with Crippen LogP contribution in [0.25, 0.3) is 0 Å². The van der Waals surface area contributed by atoms with Crippen LogP contribution in [0.3, 0.4) is 0 Å². The number of hydrogen-bond donors (Lipinski definition) is 3. The maximum Gasteiger partial charge on any atom is 0.138 e. The van der Waals surface area contributed by atoms with Crippen LogP contribution in [0, 0.1) is 5.92 Å². The van der Waals surface area contributed by atoms with E-state index in [-0.39, 0.29) is 0 Å². The third-order valence-corrected chi connectivity index (χ3v) is 6.32. The van der Waals surface area contributed by atoms with Crippen LogP contribution in [-0.4, -0.2) is 24.2 Å². The van der Waals surface area contributed by atoms with Gasteiger partial charge >= 0.3 is 0 Å². The van der Waals surface area contributed by atoms with Gasteiger partial charge in [-0.25, -0.2) is 0 Å². The molecule has 2 aliphatic carbocycles. The first-order chi connectivity index (χ1) is 10.7. The first kappa shape index (κ1) is 14.4. The van der Waals surface area contributed by atoms with Crippen molar-refractivity contribution >= 4 is 5.69 Å². The van der Waals surface area contributed by atoms with Crippen molar-refractivity contribution in [2.45, 2.75) is 63.3 Å². The van der Waals surface area contributed by atoms with E-state index in [0.717, 1.165) is 37.5 Å². The molecule has 4 rings (SSSR count). The van der Waals surface area contributed by atoms with Gasteiger partial charge in [-0.3, -0.25) is 0 Å². The Balaban J connectivity index is 1.78. The van der Waals surface area contributed by atoms with Gasteiger partial charge in [0.2, 0.25) is 0 Å². The number of benzene rings is 1. The van der Waals surface area contributed by atoms with Crippen LogP contribution in [0.4, 0.5) is 5.69 Å². The lowest BCUT2D eigenvalue weighted by molar-refractivity contribution is 0.0796. The minimum atomic E-state index is 0.336. The molecule has 3 nitrogen and oxygen atoms in total. The van der Waals surface area contributed by atoms with E-state index >= 15 is 0 Å². The van der Waals surface area contributed by atoms with Gasteiger partial charge in [0.1, 0.15) is 5.75 Å². The number of phenols is 1. The van der Waals surface area contributed by atoms with Gasteiger partial charge < -0.3 is 15.7 Å². The van der Waals surface area contributed by atoms with Gasteiger partial charge in [-0.15, -0.1) is 0 Å². The lowest BCUT2D eigenvalue weighted by Gasteiger charge is -2.56. The molecule has 1 saturated heterocycles. The first-order valence-corrected chi connectivity index (χ1v) is 9.08. The van der Waals surface area contributed by atoms with Crippen LogP contribution in [0.2, 0.25) is 0 Å². The number of hydrogen-bond acceptors (Lipinski definition) is 3. The maximum absolute atomic E-state index is 10.5. The number of fused-ring (bicyclic) bond motifs is 1. The number of phenolic OH excluding ortho intramolecular Hbond substituents is 1. The molecule has 1 saturated carbocycles. The second-order valence-electron chi connectivity index (χ2n) is 7.48. The number of nitrogens with one attached hydrogen (secondary N) is 2. The second kappa shape index (κ2) is 5.45. The summed E-state index contributed by atoms with van der Waals surface area (Å²) in [5.41, 5.74) is 4.19. The third kappa shape index (κ3) is 2.05. The van der Waals surface area contributed by atoms with Crippen LogP contribution in [0.1, 0.15) is 56.6 Å². The number of anilines is 1. The van der Waals surface area contributed by atoms with E-state index in [0.29, 0.717) is 17.2 Å². The first-order valence-electron chi connectivity index (χ1n) is 9.08. The highest BCUT2D eigenvalue weighted by Gasteiger charge is 2.51. The van der Waals surface area contributed by atoms with E-state index in [1.54, 1.807) is 0 Å². The molecule has 0 spiro atoms. The Morgan fingerprint density at radius 3 is 3.09 bits per heavy atom. The van der Waals surface area contributed by atoms with Gasteiger partial charge in [0.25, 0.3) is 0 Å². The lowest BCUT2D eigenvalue weighted by Crippen LogP contribution is -2.59. The van der Waals surface area contributed by atoms with Crippen molar-refractivity contribution in [3.63, 3.8) is 0 Å². The van der Waals surface area contributed by atoms with E-state index < -0.39 is 0 Å². The molecule has 1 heterocycles. The molecule has 0 unspecified atom stereocenters. The molecule has 3 atom stereocenters. The molecule has 3 aliphatic rings. The normalized spacial score (nSPS) is 33.0. The quantitative estimate of drug-likeness (QED) is 0.748. The summed E-state index contributed by atoms with van der Waals surface area (Å²) >= 11 is 0. The van der Waals surface area contributed by atoms with Gasteiger partial charge in [-0.1, -0.05) is 19.8 Å². The van der Waals surface area contributed by atoms with E-state index in [1.807, 2.05) is 0 Å². The fourth-order valence-corrected chi connectivity index (χ4v) is 5.37. The van der Waals surface area contributed by atoms with E-state index in [4.69, 9.17) is 0 Å². The number of piperidine rings is 1. The van der Waals surface area contributed by atoms with Crippen LogP contribution >= 0.6 is 0 Å². The lowest BCUT2D eigenvalue weighted by atomic mass is 9.53. The minimum Gasteiger partial charge on any atom is -0.506 e. The Bertz CT molecular complexity index is 567. The summed E-state index contributed by atoms with van der Waals surface area (Å²) in [7, 11) is 0. The summed E-state index contributed by atoms with van der Waals surface area (Å²) in [5.74, 6) is 1.22. The molecule has 2 fully saturated rings. The SMILES string of the molecule is CCCNc1cc2c(cc1O)[C@]13CCCC[C@@H]1[C@H](C2)NCC3. The second-order valence-corrected chi connectivity index (χ2v) is 7.48. The molecule has 1 aromatic rings. The Morgan fingerprint density at radius 2 is 2.23 bits per heavy atom. The minimum absolute atomic E-state index is 0.336. The summed E-state index contributed by atoms with van der Waals surface area (Å²) in [6.07, 6.45) is 8.83. The van der Waals surface area contributed by atoms with Crippen molar-refractivity contribution in [1.29, 1.82) is 0 Å². The molecule has 120 valence electrons. The highest BCUT2D eigenvalue weighted by Crippen LogP contribution is 2.55.